The number of hydrogen-bond acceptors (Lipinski definition) is 4. The number of allylic oxidation sites excluding steroid dienone is 4. The van der Waals surface area contributed by atoms with Gasteiger partial charge in [0, 0.05) is 5.41 Å². The van der Waals surface area contributed by atoms with Crippen LogP contribution in [0.15, 0.2) is 24.3 Å². The van der Waals surface area contributed by atoms with E-state index in [0.29, 0.717) is 19.8 Å². The molecule has 0 unspecified atom stereocenters. The summed E-state index contributed by atoms with van der Waals surface area (Å²) in [5, 5.41) is 0. The minimum Gasteiger partial charge on any atom is -0.465 e. The highest BCUT2D eigenvalue weighted by Crippen LogP contribution is 2.31. The molecule has 1 saturated heterocycles. The van der Waals surface area contributed by atoms with Crippen LogP contribution < -0.4 is 0 Å². The molecule has 0 spiro atoms. The molecule has 1 aliphatic heterocycles. The molecule has 1 rings (SSSR count). The first-order chi connectivity index (χ1) is 15.6. The van der Waals surface area contributed by atoms with E-state index in [-0.39, 0.29) is 11.4 Å². The third kappa shape index (κ3) is 14.0. The van der Waals surface area contributed by atoms with Crippen LogP contribution in [0, 0.1) is 10.8 Å². The summed E-state index contributed by atoms with van der Waals surface area (Å²) in [7, 11) is 0. The fourth-order valence-corrected chi connectivity index (χ4v) is 3.78. The van der Waals surface area contributed by atoms with Crippen molar-refractivity contribution in [1.29, 1.82) is 0 Å². The Hall–Kier alpha value is -1.13. The van der Waals surface area contributed by atoms with Gasteiger partial charge < -0.3 is 14.2 Å². The summed E-state index contributed by atoms with van der Waals surface area (Å²) < 4.78 is 17.2. The molecule has 0 bridgehead atoms. The second-order valence-electron chi connectivity index (χ2n) is 11.2. The molecule has 0 aromatic carbocycles. The molecule has 0 radical (unpaired) electrons. The molecule has 0 aromatic heterocycles. The van der Waals surface area contributed by atoms with E-state index in [2.05, 4.69) is 31.2 Å². The molecule has 1 fully saturated rings. The molecular formula is C29H52O4. The van der Waals surface area contributed by atoms with E-state index < -0.39 is 11.2 Å². The average molecular weight is 465 g/mol. The standard InChI is InChI=1S/C29H52O4/c1-7-8-9-10-11-12-13-14-15-16-17-18-19-20-21-22-27(2,3)26(30)31-23-29(6)24-32-28(4,5)33-25-29/h11-12,14-15H,7-10,13,16-25H2,1-6H3/b12-11-,15-14-. The van der Waals surface area contributed by atoms with Gasteiger partial charge >= 0.3 is 5.97 Å². The van der Waals surface area contributed by atoms with Gasteiger partial charge in [-0.15, -0.1) is 0 Å². The summed E-state index contributed by atoms with van der Waals surface area (Å²) in [4.78, 5) is 12.6. The Balaban J connectivity index is 2.07. The molecule has 33 heavy (non-hydrogen) atoms. The molecule has 0 N–H and O–H groups in total. The highest BCUT2D eigenvalue weighted by Gasteiger charge is 2.39. The Labute approximate surface area is 204 Å². The Morgan fingerprint density at radius 1 is 0.848 bits per heavy atom. The Morgan fingerprint density at radius 2 is 1.39 bits per heavy atom. The van der Waals surface area contributed by atoms with Crippen LogP contribution in [0.1, 0.15) is 119 Å². The number of ether oxygens (including phenoxy) is 3. The Kier molecular flexibility index (Phi) is 14.2. The molecular weight excluding hydrogens is 412 g/mol. The van der Waals surface area contributed by atoms with Gasteiger partial charge in [0.25, 0.3) is 0 Å². The Bertz CT molecular complexity index is 578. The lowest BCUT2D eigenvalue weighted by Crippen LogP contribution is -2.48. The van der Waals surface area contributed by atoms with Gasteiger partial charge in [-0.2, -0.15) is 0 Å². The SMILES string of the molecule is CCCCC/C=C\C/C=C\CCCCCCCC(C)(C)C(=O)OCC1(C)COC(C)(C)OC1. The van der Waals surface area contributed by atoms with Gasteiger partial charge in [0.15, 0.2) is 5.79 Å². The number of unbranched alkanes of at least 4 members (excludes halogenated alkanes) is 8. The first-order valence-corrected chi connectivity index (χ1v) is 13.4. The zero-order chi connectivity index (χ0) is 24.6. The van der Waals surface area contributed by atoms with Crippen LogP contribution in [0.4, 0.5) is 0 Å². The molecule has 0 aliphatic carbocycles. The van der Waals surface area contributed by atoms with Crippen LogP contribution in [0.5, 0.6) is 0 Å². The summed E-state index contributed by atoms with van der Waals surface area (Å²) in [6.45, 7) is 13.5. The van der Waals surface area contributed by atoms with E-state index in [1.165, 1.54) is 57.8 Å². The van der Waals surface area contributed by atoms with Gasteiger partial charge in [-0.3, -0.25) is 4.79 Å². The molecule has 192 valence electrons. The zero-order valence-electron chi connectivity index (χ0n) is 22.5. The van der Waals surface area contributed by atoms with Crippen molar-refractivity contribution in [3.05, 3.63) is 24.3 Å². The lowest BCUT2D eigenvalue weighted by Gasteiger charge is -2.41. The van der Waals surface area contributed by atoms with Crippen molar-refractivity contribution in [3.8, 4) is 0 Å². The summed E-state index contributed by atoms with van der Waals surface area (Å²) in [5.41, 5.74) is -0.723. The molecule has 4 heteroatoms. The summed E-state index contributed by atoms with van der Waals surface area (Å²) in [6.07, 6.45) is 23.5. The predicted molar refractivity (Wildman–Crippen MR) is 138 cm³/mol. The van der Waals surface area contributed by atoms with Crippen LogP contribution in [0.3, 0.4) is 0 Å². The van der Waals surface area contributed by atoms with E-state index in [1.807, 2.05) is 34.6 Å². The topological polar surface area (TPSA) is 44.8 Å². The van der Waals surface area contributed by atoms with Crippen LogP contribution >= 0.6 is 0 Å². The van der Waals surface area contributed by atoms with Crippen molar-refractivity contribution >= 4 is 5.97 Å². The highest BCUT2D eigenvalue weighted by atomic mass is 16.7. The molecule has 0 aromatic rings. The first kappa shape index (κ1) is 29.9. The quantitative estimate of drug-likeness (QED) is 0.124. The maximum absolute atomic E-state index is 12.6. The summed E-state index contributed by atoms with van der Waals surface area (Å²) >= 11 is 0. The van der Waals surface area contributed by atoms with Crippen LogP contribution in [0.25, 0.3) is 0 Å². The van der Waals surface area contributed by atoms with Gasteiger partial charge in [0.1, 0.15) is 6.61 Å². The first-order valence-electron chi connectivity index (χ1n) is 13.4. The van der Waals surface area contributed by atoms with Gasteiger partial charge in [-0.25, -0.2) is 0 Å². The summed E-state index contributed by atoms with van der Waals surface area (Å²) in [5.74, 6) is -0.664. The lowest BCUT2D eigenvalue weighted by molar-refractivity contribution is -0.287. The monoisotopic (exact) mass is 464 g/mol. The van der Waals surface area contributed by atoms with E-state index in [0.717, 1.165) is 19.3 Å². The van der Waals surface area contributed by atoms with E-state index >= 15 is 0 Å². The zero-order valence-corrected chi connectivity index (χ0v) is 22.5. The van der Waals surface area contributed by atoms with E-state index in [4.69, 9.17) is 14.2 Å². The predicted octanol–water partition coefficient (Wildman–Crippen LogP) is 8.16. The van der Waals surface area contributed by atoms with Crippen LogP contribution in [-0.4, -0.2) is 31.6 Å². The van der Waals surface area contributed by atoms with Gasteiger partial charge in [0.05, 0.1) is 18.6 Å². The number of carbonyl (C=O) groups excluding carboxylic acids is 1. The van der Waals surface area contributed by atoms with Gasteiger partial charge in [0.2, 0.25) is 0 Å². The molecule has 1 aliphatic rings. The second-order valence-corrected chi connectivity index (χ2v) is 11.2. The van der Waals surface area contributed by atoms with Crippen molar-refractivity contribution in [2.75, 3.05) is 19.8 Å². The number of carbonyl (C=O) groups is 1. The fourth-order valence-electron chi connectivity index (χ4n) is 3.78. The highest BCUT2D eigenvalue weighted by molar-refractivity contribution is 5.75. The van der Waals surface area contributed by atoms with Crippen molar-refractivity contribution in [2.24, 2.45) is 10.8 Å². The van der Waals surface area contributed by atoms with Crippen LogP contribution in [0.2, 0.25) is 0 Å². The molecule has 0 saturated carbocycles. The van der Waals surface area contributed by atoms with Crippen molar-refractivity contribution in [3.63, 3.8) is 0 Å². The minimum atomic E-state index is -0.552. The maximum Gasteiger partial charge on any atom is 0.311 e. The van der Waals surface area contributed by atoms with Crippen molar-refractivity contribution < 1.29 is 19.0 Å². The molecule has 0 atom stereocenters. The smallest absolute Gasteiger partial charge is 0.311 e. The number of rotatable bonds is 17. The van der Waals surface area contributed by atoms with Gasteiger partial charge in [-0.1, -0.05) is 76.7 Å². The summed E-state index contributed by atoms with van der Waals surface area (Å²) in [6, 6.07) is 0. The lowest BCUT2D eigenvalue weighted by atomic mass is 9.86. The largest absolute Gasteiger partial charge is 0.465 e. The normalized spacial score (nSPS) is 18.2. The minimum absolute atomic E-state index is 0.113. The fraction of sp³-hybridized carbons (Fsp3) is 0.828. The van der Waals surface area contributed by atoms with Gasteiger partial charge in [-0.05, 0) is 66.2 Å². The molecule has 1 heterocycles. The average Bonchev–Trinajstić information content (AvgIpc) is 2.77. The Morgan fingerprint density at radius 3 is 2.00 bits per heavy atom. The second kappa shape index (κ2) is 15.7. The third-order valence-corrected chi connectivity index (χ3v) is 6.39. The van der Waals surface area contributed by atoms with Crippen molar-refractivity contribution in [1.82, 2.24) is 0 Å². The van der Waals surface area contributed by atoms with Crippen molar-refractivity contribution in [2.45, 2.75) is 124 Å². The van der Waals surface area contributed by atoms with Crippen LogP contribution in [-0.2, 0) is 19.0 Å². The molecule has 4 nitrogen and oxygen atoms in total. The molecule has 0 amide bonds. The van der Waals surface area contributed by atoms with E-state index in [9.17, 15) is 4.79 Å². The van der Waals surface area contributed by atoms with E-state index in [1.54, 1.807) is 0 Å². The number of esters is 1. The number of hydrogen-bond donors (Lipinski definition) is 0. The maximum atomic E-state index is 12.6. The third-order valence-electron chi connectivity index (χ3n) is 6.39.